The summed E-state index contributed by atoms with van der Waals surface area (Å²) in [5.74, 6) is 0. The van der Waals surface area contributed by atoms with Crippen LogP contribution in [-0.2, 0) is 12.8 Å². The summed E-state index contributed by atoms with van der Waals surface area (Å²) in [6.07, 6.45) is 11.4. The first-order valence-corrected chi connectivity index (χ1v) is 14.2. The molecule has 6 heteroatoms. The molecule has 0 bridgehead atoms. The van der Waals surface area contributed by atoms with Crippen molar-refractivity contribution in [1.29, 1.82) is 0 Å². The third-order valence-corrected chi connectivity index (χ3v) is 8.61. The van der Waals surface area contributed by atoms with E-state index >= 15 is 0 Å². The summed E-state index contributed by atoms with van der Waals surface area (Å²) in [7, 11) is 0. The van der Waals surface area contributed by atoms with Gasteiger partial charge in [-0.15, -0.1) is 0 Å². The van der Waals surface area contributed by atoms with E-state index in [2.05, 4.69) is 73.6 Å². The number of rotatable bonds is 4. The molecule has 3 aromatic heterocycles. The number of nitrogens with zero attached hydrogens (tertiary/aromatic N) is 5. The molecule has 5 aromatic rings. The van der Waals surface area contributed by atoms with Crippen LogP contribution in [0.25, 0.3) is 44.7 Å². The van der Waals surface area contributed by atoms with Gasteiger partial charge in [0.15, 0.2) is 5.65 Å². The van der Waals surface area contributed by atoms with Gasteiger partial charge in [-0.1, -0.05) is 42.5 Å². The highest BCUT2D eigenvalue weighted by molar-refractivity contribution is 5.93. The van der Waals surface area contributed by atoms with Crippen molar-refractivity contribution in [2.24, 2.45) is 0 Å². The van der Waals surface area contributed by atoms with E-state index in [0.717, 1.165) is 63.0 Å². The predicted octanol–water partition coefficient (Wildman–Crippen LogP) is 6.71. The Balaban J connectivity index is 1.17. The summed E-state index contributed by atoms with van der Waals surface area (Å²) >= 11 is 0. The van der Waals surface area contributed by atoms with E-state index in [9.17, 15) is 0 Å². The number of aromatic amines is 1. The molecular weight excluding hydrogens is 480 g/mol. The molecule has 6 nitrogen and oxygen atoms in total. The number of nitrogens with one attached hydrogen (secondary N) is 1. The largest absolute Gasteiger partial charge is 0.300 e. The Kier molecular flexibility index (Phi) is 6.20. The molecule has 1 saturated heterocycles. The quantitative estimate of drug-likeness (QED) is 0.270. The van der Waals surface area contributed by atoms with E-state index in [1.165, 1.54) is 61.9 Å². The first-order chi connectivity index (χ1) is 19.1. The zero-order chi connectivity index (χ0) is 26.3. The number of likely N-dealkylation sites (tertiary alicyclic amines) is 1. The molecule has 4 heterocycles. The minimum atomic E-state index is 0.739. The number of hydrogen-bond acceptors (Lipinski definition) is 5. The summed E-state index contributed by atoms with van der Waals surface area (Å²) in [5, 5.41) is 8.81. The summed E-state index contributed by atoms with van der Waals surface area (Å²) in [6.45, 7) is 6.54. The molecule has 7 rings (SSSR count). The van der Waals surface area contributed by atoms with Crippen LogP contribution in [0.5, 0.6) is 0 Å². The monoisotopic (exact) mass is 514 g/mol. The average molecular weight is 515 g/mol. The number of aromatic nitrogens is 5. The maximum Gasteiger partial charge on any atom is 0.155 e. The van der Waals surface area contributed by atoms with Gasteiger partial charge in [0.2, 0.25) is 0 Å². The number of H-pyrrole nitrogens is 1. The van der Waals surface area contributed by atoms with Gasteiger partial charge in [0, 0.05) is 40.5 Å². The summed E-state index contributed by atoms with van der Waals surface area (Å²) in [6, 6.07) is 18.4. The van der Waals surface area contributed by atoms with Crippen LogP contribution in [0.1, 0.15) is 48.2 Å². The molecule has 0 radical (unpaired) electrons. The highest BCUT2D eigenvalue weighted by Crippen LogP contribution is 2.33. The third-order valence-electron chi connectivity index (χ3n) is 8.61. The van der Waals surface area contributed by atoms with Crippen molar-refractivity contribution in [3.05, 3.63) is 83.4 Å². The van der Waals surface area contributed by atoms with E-state index < -0.39 is 0 Å². The lowest BCUT2D eigenvalue weighted by Crippen LogP contribution is -2.32. The molecule has 0 amide bonds. The lowest BCUT2D eigenvalue weighted by Gasteiger charge is -2.25. The molecule has 1 atom stereocenters. The Hall–Kier alpha value is -3.90. The van der Waals surface area contributed by atoms with Gasteiger partial charge in [0.1, 0.15) is 5.69 Å². The van der Waals surface area contributed by atoms with E-state index in [1.807, 2.05) is 26.2 Å². The molecule has 0 saturated carbocycles. The normalized spacial score (nSPS) is 17.8. The maximum atomic E-state index is 4.74. The predicted molar refractivity (Wildman–Crippen MR) is 156 cm³/mol. The number of pyridine rings is 1. The summed E-state index contributed by atoms with van der Waals surface area (Å²) < 4.78 is 0. The van der Waals surface area contributed by atoms with Gasteiger partial charge in [0.25, 0.3) is 0 Å². The number of benzene rings is 2. The van der Waals surface area contributed by atoms with Gasteiger partial charge in [-0.25, -0.2) is 4.98 Å². The smallest absolute Gasteiger partial charge is 0.155 e. The molecule has 2 aliphatic rings. The topological polar surface area (TPSA) is 70.6 Å². The van der Waals surface area contributed by atoms with Crippen LogP contribution in [0, 0.1) is 13.8 Å². The number of aryl methyl sites for hydroxylation is 4. The molecular formula is C33H34N6. The lowest BCUT2D eigenvalue weighted by molar-refractivity contribution is 0.222. The zero-order valence-electron chi connectivity index (χ0n) is 22.7. The Morgan fingerprint density at radius 2 is 1.46 bits per heavy atom. The molecule has 0 spiro atoms. The van der Waals surface area contributed by atoms with Crippen molar-refractivity contribution >= 4 is 11.0 Å². The zero-order valence-corrected chi connectivity index (χ0v) is 22.7. The molecule has 1 fully saturated rings. The van der Waals surface area contributed by atoms with Crippen LogP contribution in [0.15, 0.2) is 60.9 Å². The minimum absolute atomic E-state index is 0.739. The Morgan fingerprint density at radius 3 is 2.23 bits per heavy atom. The highest BCUT2D eigenvalue weighted by Gasteiger charge is 2.24. The molecule has 1 aliphatic carbocycles. The van der Waals surface area contributed by atoms with Crippen molar-refractivity contribution in [2.75, 3.05) is 13.1 Å². The Labute approximate surface area is 229 Å². The van der Waals surface area contributed by atoms with Gasteiger partial charge < -0.3 is 4.90 Å². The van der Waals surface area contributed by atoms with Gasteiger partial charge in [-0.2, -0.15) is 5.10 Å². The van der Waals surface area contributed by atoms with E-state index in [-0.39, 0.29) is 0 Å². The SMILES string of the molecule is Cc1cnc(-c2ccc(-c3n[nH]c4ncc(-c5ccc6c(c5)CC[C@@H](N5CCCC5)CC6)cc34)cc2)c(C)n1. The van der Waals surface area contributed by atoms with Gasteiger partial charge in [-0.05, 0) is 88.2 Å². The number of hydrogen-bond donors (Lipinski definition) is 1. The van der Waals surface area contributed by atoms with Crippen molar-refractivity contribution < 1.29 is 0 Å². The summed E-state index contributed by atoms with van der Waals surface area (Å²) in [5.41, 5.74) is 12.0. The standard InChI is InChI=1S/C33H34N6/c1-21-19-34-31(22(2)36-21)24-6-8-25(9-7-24)32-30-18-28(20-35-33(30)38-37-32)27-10-5-23-11-13-29(14-12-26(23)17-27)39-15-3-4-16-39/h5-10,17-20,29H,3-4,11-16H2,1-2H3,(H,35,37,38)/t29-/m0/s1. The van der Waals surface area contributed by atoms with Crippen molar-refractivity contribution in [3.8, 4) is 33.6 Å². The fourth-order valence-electron chi connectivity index (χ4n) is 6.49. The Morgan fingerprint density at radius 1 is 0.744 bits per heavy atom. The number of fused-ring (bicyclic) bond motifs is 2. The third kappa shape index (κ3) is 4.63. The minimum Gasteiger partial charge on any atom is -0.300 e. The molecule has 0 unspecified atom stereocenters. The first kappa shape index (κ1) is 24.2. The van der Waals surface area contributed by atoms with Crippen molar-refractivity contribution in [3.63, 3.8) is 0 Å². The molecule has 2 aromatic carbocycles. The van der Waals surface area contributed by atoms with Crippen LogP contribution in [0.4, 0.5) is 0 Å². The second kappa shape index (κ2) is 10.0. The maximum absolute atomic E-state index is 4.74. The Bertz CT molecular complexity index is 1650. The van der Waals surface area contributed by atoms with Crippen LogP contribution >= 0.6 is 0 Å². The lowest BCUT2D eigenvalue weighted by atomic mass is 9.96. The van der Waals surface area contributed by atoms with Gasteiger partial charge in [-0.3, -0.25) is 15.1 Å². The van der Waals surface area contributed by atoms with Gasteiger partial charge in [0.05, 0.1) is 17.1 Å². The fourth-order valence-corrected chi connectivity index (χ4v) is 6.49. The highest BCUT2D eigenvalue weighted by atomic mass is 15.2. The van der Waals surface area contributed by atoms with Crippen LogP contribution < -0.4 is 0 Å². The van der Waals surface area contributed by atoms with Crippen molar-refractivity contribution in [1.82, 2.24) is 30.0 Å². The van der Waals surface area contributed by atoms with Crippen LogP contribution in [0.3, 0.4) is 0 Å². The van der Waals surface area contributed by atoms with Crippen LogP contribution in [-0.4, -0.2) is 49.2 Å². The average Bonchev–Trinajstić information content (AvgIpc) is 3.59. The molecule has 39 heavy (non-hydrogen) atoms. The molecule has 1 aliphatic heterocycles. The first-order valence-electron chi connectivity index (χ1n) is 14.2. The van der Waals surface area contributed by atoms with E-state index in [0.29, 0.717) is 0 Å². The molecule has 1 N–H and O–H groups in total. The van der Waals surface area contributed by atoms with Gasteiger partial charge >= 0.3 is 0 Å². The van der Waals surface area contributed by atoms with E-state index in [1.54, 1.807) is 0 Å². The second-order valence-corrected chi connectivity index (χ2v) is 11.2. The fraction of sp³-hybridized carbons (Fsp3) is 0.333. The molecule has 196 valence electrons. The van der Waals surface area contributed by atoms with Crippen molar-refractivity contribution in [2.45, 2.75) is 58.4 Å². The van der Waals surface area contributed by atoms with E-state index in [4.69, 9.17) is 4.98 Å². The second-order valence-electron chi connectivity index (χ2n) is 11.2. The van der Waals surface area contributed by atoms with Crippen LogP contribution in [0.2, 0.25) is 0 Å². The summed E-state index contributed by atoms with van der Waals surface area (Å²) in [4.78, 5) is 16.6.